The monoisotopic (exact) mass is 318 g/mol. The molecule has 1 amide bonds. The SMILES string of the molecule is Cc1ccc(Cl)c(NC(=O)c2ccc3cc[nH]c3c2)c1Cl. The Kier molecular flexibility index (Phi) is 3.62. The molecule has 0 aliphatic rings. The van der Waals surface area contributed by atoms with Crippen molar-refractivity contribution in [2.75, 3.05) is 5.32 Å². The van der Waals surface area contributed by atoms with Crippen molar-refractivity contribution in [3.05, 3.63) is 63.8 Å². The van der Waals surface area contributed by atoms with Crippen molar-refractivity contribution in [2.24, 2.45) is 0 Å². The molecule has 1 aromatic heterocycles. The number of amides is 1. The molecule has 2 aromatic carbocycles. The summed E-state index contributed by atoms with van der Waals surface area (Å²) in [6.45, 7) is 1.86. The molecule has 3 nitrogen and oxygen atoms in total. The standard InChI is InChI=1S/C16H12Cl2N2O/c1-9-2-5-12(17)15(14(9)18)20-16(21)11-4-3-10-6-7-19-13(10)8-11/h2-8,19H,1H3,(H,20,21). The lowest BCUT2D eigenvalue weighted by Gasteiger charge is -2.11. The molecule has 0 radical (unpaired) electrons. The Labute approximate surface area is 131 Å². The summed E-state index contributed by atoms with van der Waals surface area (Å²) < 4.78 is 0. The van der Waals surface area contributed by atoms with E-state index >= 15 is 0 Å². The number of halogens is 2. The van der Waals surface area contributed by atoms with Gasteiger partial charge in [-0.3, -0.25) is 4.79 Å². The number of anilines is 1. The average molecular weight is 319 g/mol. The summed E-state index contributed by atoms with van der Waals surface area (Å²) in [6, 6.07) is 10.9. The minimum atomic E-state index is -0.249. The summed E-state index contributed by atoms with van der Waals surface area (Å²) in [5.41, 5.74) is 2.74. The van der Waals surface area contributed by atoms with E-state index in [1.54, 1.807) is 18.2 Å². The topological polar surface area (TPSA) is 44.9 Å². The van der Waals surface area contributed by atoms with Crippen LogP contribution in [-0.2, 0) is 0 Å². The smallest absolute Gasteiger partial charge is 0.255 e. The minimum Gasteiger partial charge on any atom is -0.361 e. The Morgan fingerprint density at radius 3 is 2.76 bits per heavy atom. The summed E-state index contributed by atoms with van der Waals surface area (Å²) in [6.07, 6.45) is 1.83. The first kappa shape index (κ1) is 14.0. The highest BCUT2D eigenvalue weighted by Crippen LogP contribution is 2.33. The first-order chi connectivity index (χ1) is 10.1. The van der Waals surface area contributed by atoms with Crippen LogP contribution in [0.1, 0.15) is 15.9 Å². The number of carbonyl (C=O) groups is 1. The van der Waals surface area contributed by atoms with Gasteiger partial charge in [-0.25, -0.2) is 0 Å². The lowest BCUT2D eigenvalue weighted by Crippen LogP contribution is -2.12. The van der Waals surface area contributed by atoms with Gasteiger partial charge in [-0.05, 0) is 42.1 Å². The highest BCUT2D eigenvalue weighted by atomic mass is 35.5. The number of aryl methyl sites for hydroxylation is 1. The molecule has 106 valence electrons. The van der Waals surface area contributed by atoms with Gasteiger partial charge in [0.1, 0.15) is 0 Å². The second-order valence-electron chi connectivity index (χ2n) is 4.79. The van der Waals surface area contributed by atoms with E-state index in [2.05, 4.69) is 10.3 Å². The number of aromatic amines is 1. The Bertz CT molecular complexity index is 839. The molecule has 1 heterocycles. The number of rotatable bonds is 2. The lowest BCUT2D eigenvalue weighted by atomic mass is 10.1. The van der Waals surface area contributed by atoms with Crippen molar-refractivity contribution in [2.45, 2.75) is 6.92 Å². The Morgan fingerprint density at radius 2 is 1.95 bits per heavy atom. The van der Waals surface area contributed by atoms with Gasteiger partial charge in [-0.1, -0.05) is 35.3 Å². The van der Waals surface area contributed by atoms with Crippen molar-refractivity contribution in [3.8, 4) is 0 Å². The zero-order valence-electron chi connectivity index (χ0n) is 11.2. The van der Waals surface area contributed by atoms with Crippen molar-refractivity contribution in [1.82, 2.24) is 4.98 Å². The van der Waals surface area contributed by atoms with E-state index < -0.39 is 0 Å². The molecule has 5 heteroatoms. The van der Waals surface area contributed by atoms with E-state index in [0.29, 0.717) is 21.3 Å². The third-order valence-corrected chi connectivity index (χ3v) is 4.14. The fourth-order valence-corrected chi connectivity index (χ4v) is 2.61. The largest absolute Gasteiger partial charge is 0.361 e. The second kappa shape index (κ2) is 5.43. The maximum absolute atomic E-state index is 12.4. The van der Waals surface area contributed by atoms with Crippen LogP contribution in [0.25, 0.3) is 10.9 Å². The van der Waals surface area contributed by atoms with Crippen LogP contribution in [0.4, 0.5) is 5.69 Å². The molecule has 0 atom stereocenters. The zero-order valence-corrected chi connectivity index (χ0v) is 12.7. The zero-order chi connectivity index (χ0) is 15.0. The Morgan fingerprint density at radius 1 is 1.14 bits per heavy atom. The predicted molar refractivity (Wildman–Crippen MR) is 87.5 cm³/mol. The molecule has 3 rings (SSSR count). The summed E-state index contributed by atoms with van der Waals surface area (Å²) in [7, 11) is 0. The van der Waals surface area contributed by atoms with Crippen LogP contribution in [0.3, 0.4) is 0 Å². The van der Waals surface area contributed by atoms with Gasteiger partial charge in [0.25, 0.3) is 5.91 Å². The van der Waals surface area contributed by atoms with E-state index in [9.17, 15) is 4.79 Å². The summed E-state index contributed by atoms with van der Waals surface area (Å²) in [5.74, 6) is -0.249. The molecule has 2 N–H and O–H groups in total. The normalized spacial score (nSPS) is 10.8. The molecule has 3 aromatic rings. The van der Waals surface area contributed by atoms with Crippen molar-refractivity contribution >= 4 is 45.7 Å². The Hall–Kier alpha value is -1.97. The van der Waals surface area contributed by atoms with Crippen molar-refractivity contribution < 1.29 is 4.79 Å². The molecule has 0 unspecified atom stereocenters. The van der Waals surface area contributed by atoms with Crippen LogP contribution in [0.15, 0.2) is 42.6 Å². The van der Waals surface area contributed by atoms with E-state index in [4.69, 9.17) is 23.2 Å². The van der Waals surface area contributed by atoms with Gasteiger partial charge in [0.05, 0.1) is 15.7 Å². The van der Waals surface area contributed by atoms with Crippen LogP contribution in [0, 0.1) is 6.92 Å². The van der Waals surface area contributed by atoms with Crippen LogP contribution in [-0.4, -0.2) is 10.9 Å². The van der Waals surface area contributed by atoms with E-state index in [1.165, 1.54) is 0 Å². The molecule has 0 aliphatic heterocycles. The molecule has 0 aliphatic carbocycles. The number of nitrogens with one attached hydrogen (secondary N) is 2. The van der Waals surface area contributed by atoms with Crippen LogP contribution >= 0.6 is 23.2 Å². The first-order valence-corrected chi connectivity index (χ1v) is 7.15. The van der Waals surface area contributed by atoms with E-state index in [-0.39, 0.29) is 5.91 Å². The van der Waals surface area contributed by atoms with Crippen molar-refractivity contribution in [1.29, 1.82) is 0 Å². The van der Waals surface area contributed by atoms with Gasteiger partial charge >= 0.3 is 0 Å². The fourth-order valence-electron chi connectivity index (χ4n) is 2.15. The number of carbonyl (C=O) groups excluding carboxylic acids is 1. The third-order valence-electron chi connectivity index (χ3n) is 3.34. The van der Waals surface area contributed by atoms with Gasteiger partial charge in [-0.2, -0.15) is 0 Å². The number of hydrogen-bond donors (Lipinski definition) is 2. The average Bonchev–Trinajstić information content (AvgIpc) is 2.94. The third kappa shape index (κ3) is 2.62. The highest BCUT2D eigenvalue weighted by Gasteiger charge is 2.13. The molecule has 0 saturated heterocycles. The molecule has 21 heavy (non-hydrogen) atoms. The van der Waals surface area contributed by atoms with Gasteiger partial charge in [0, 0.05) is 17.3 Å². The Balaban J connectivity index is 1.94. The predicted octanol–water partition coefficient (Wildman–Crippen LogP) is 5.04. The first-order valence-electron chi connectivity index (χ1n) is 6.39. The molecule has 0 fully saturated rings. The molecule has 0 spiro atoms. The summed E-state index contributed by atoms with van der Waals surface area (Å²) >= 11 is 12.3. The number of H-pyrrole nitrogens is 1. The minimum absolute atomic E-state index is 0.249. The van der Waals surface area contributed by atoms with Crippen LogP contribution in [0.5, 0.6) is 0 Å². The summed E-state index contributed by atoms with van der Waals surface area (Å²) in [5, 5.41) is 4.70. The molecule has 0 bridgehead atoms. The molecular weight excluding hydrogens is 307 g/mol. The number of benzene rings is 2. The number of hydrogen-bond acceptors (Lipinski definition) is 1. The van der Waals surface area contributed by atoms with Crippen molar-refractivity contribution in [3.63, 3.8) is 0 Å². The van der Waals surface area contributed by atoms with E-state index in [0.717, 1.165) is 16.5 Å². The summed E-state index contributed by atoms with van der Waals surface area (Å²) in [4.78, 5) is 15.4. The maximum Gasteiger partial charge on any atom is 0.255 e. The number of fused-ring (bicyclic) bond motifs is 1. The van der Waals surface area contributed by atoms with Gasteiger partial charge in [0.2, 0.25) is 0 Å². The number of aromatic nitrogens is 1. The highest BCUT2D eigenvalue weighted by molar-refractivity contribution is 6.40. The maximum atomic E-state index is 12.4. The molecule has 0 saturated carbocycles. The molecular formula is C16H12Cl2N2O. The van der Waals surface area contributed by atoms with Gasteiger partial charge in [0.15, 0.2) is 0 Å². The second-order valence-corrected chi connectivity index (χ2v) is 5.57. The van der Waals surface area contributed by atoms with Crippen LogP contribution in [0.2, 0.25) is 10.0 Å². The van der Waals surface area contributed by atoms with Crippen LogP contribution < -0.4 is 5.32 Å². The van der Waals surface area contributed by atoms with Gasteiger partial charge < -0.3 is 10.3 Å². The quantitative estimate of drug-likeness (QED) is 0.683. The lowest BCUT2D eigenvalue weighted by molar-refractivity contribution is 0.102. The van der Waals surface area contributed by atoms with E-state index in [1.807, 2.05) is 31.3 Å². The fraction of sp³-hybridized carbons (Fsp3) is 0.0625. The van der Waals surface area contributed by atoms with Gasteiger partial charge in [-0.15, -0.1) is 0 Å².